The lowest BCUT2D eigenvalue weighted by atomic mass is 9.85. The van der Waals surface area contributed by atoms with Gasteiger partial charge in [-0.2, -0.15) is 0 Å². The Kier molecular flexibility index (Phi) is 8.51. The summed E-state index contributed by atoms with van der Waals surface area (Å²) in [6.07, 6.45) is 0. The standard InChI is InChI=1S/C22H25FN2O7/c1-5-30-20(27)17-12(3)24-13(4)18(21(28)31-6-2)19(17)22(29)32-11-16(26)25-15-9-7-14(23)8-10-15/h7-10,19,24H,5-6,11H2,1-4H3,(H,25,26). The van der Waals surface area contributed by atoms with Crippen LogP contribution in [0.3, 0.4) is 0 Å². The van der Waals surface area contributed by atoms with Gasteiger partial charge in [0.2, 0.25) is 0 Å². The van der Waals surface area contributed by atoms with Crippen molar-refractivity contribution in [1.29, 1.82) is 0 Å². The average molecular weight is 448 g/mol. The van der Waals surface area contributed by atoms with Gasteiger partial charge in [0.25, 0.3) is 5.91 Å². The Morgan fingerprint density at radius 3 is 1.88 bits per heavy atom. The van der Waals surface area contributed by atoms with E-state index in [0.29, 0.717) is 17.1 Å². The van der Waals surface area contributed by atoms with Gasteiger partial charge in [0, 0.05) is 17.1 Å². The van der Waals surface area contributed by atoms with E-state index in [-0.39, 0.29) is 24.4 Å². The van der Waals surface area contributed by atoms with Crippen molar-refractivity contribution >= 4 is 29.5 Å². The van der Waals surface area contributed by atoms with Crippen molar-refractivity contribution in [2.24, 2.45) is 5.92 Å². The fraction of sp³-hybridized carbons (Fsp3) is 0.364. The third-order valence-electron chi connectivity index (χ3n) is 4.46. The smallest absolute Gasteiger partial charge is 0.337 e. The molecule has 0 atom stereocenters. The maximum atomic E-state index is 13.0. The van der Waals surface area contributed by atoms with Crippen molar-refractivity contribution in [3.8, 4) is 0 Å². The number of carbonyl (C=O) groups is 4. The molecule has 0 saturated heterocycles. The Balaban J connectivity index is 2.25. The first-order valence-corrected chi connectivity index (χ1v) is 9.94. The number of rotatable bonds is 8. The minimum Gasteiger partial charge on any atom is -0.463 e. The Morgan fingerprint density at radius 1 is 0.906 bits per heavy atom. The topological polar surface area (TPSA) is 120 Å². The zero-order chi connectivity index (χ0) is 23.8. The number of nitrogens with one attached hydrogen (secondary N) is 2. The number of dihydropyridines is 1. The van der Waals surface area contributed by atoms with Gasteiger partial charge in [-0.1, -0.05) is 0 Å². The molecule has 0 saturated carbocycles. The monoisotopic (exact) mass is 448 g/mol. The number of anilines is 1. The maximum Gasteiger partial charge on any atom is 0.337 e. The number of carbonyl (C=O) groups excluding carboxylic acids is 4. The van der Waals surface area contributed by atoms with E-state index < -0.39 is 42.2 Å². The van der Waals surface area contributed by atoms with Gasteiger partial charge in [0.05, 0.1) is 24.4 Å². The zero-order valence-corrected chi connectivity index (χ0v) is 18.2. The predicted octanol–water partition coefficient (Wildman–Crippen LogP) is 2.20. The lowest BCUT2D eigenvalue weighted by Crippen LogP contribution is -2.39. The van der Waals surface area contributed by atoms with E-state index in [1.165, 1.54) is 12.1 Å². The van der Waals surface area contributed by atoms with Crippen molar-refractivity contribution in [3.05, 3.63) is 52.6 Å². The van der Waals surface area contributed by atoms with E-state index in [0.717, 1.165) is 12.1 Å². The lowest BCUT2D eigenvalue weighted by molar-refractivity contribution is -0.153. The summed E-state index contributed by atoms with van der Waals surface area (Å²) in [5.74, 6) is -5.19. The van der Waals surface area contributed by atoms with Gasteiger partial charge >= 0.3 is 17.9 Å². The van der Waals surface area contributed by atoms with Gasteiger partial charge in [0.15, 0.2) is 6.61 Å². The first kappa shape index (κ1) is 24.6. The molecule has 1 aliphatic rings. The van der Waals surface area contributed by atoms with Crippen LogP contribution in [0.4, 0.5) is 10.1 Å². The number of benzene rings is 1. The first-order chi connectivity index (χ1) is 15.2. The van der Waals surface area contributed by atoms with Crippen molar-refractivity contribution in [2.75, 3.05) is 25.1 Å². The molecule has 10 heteroatoms. The highest BCUT2D eigenvalue weighted by Gasteiger charge is 2.42. The second kappa shape index (κ2) is 11.1. The minimum atomic E-state index is -1.44. The molecule has 9 nitrogen and oxygen atoms in total. The molecule has 1 aromatic rings. The largest absolute Gasteiger partial charge is 0.463 e. The van der Waals surface area contributed by atoms with Crippen LogP contribution in [0.1, 0.15) is 27.7 Å². The molecule has 0 unspecified atom stereocenters. The molecule has 1 amide bonds. The summed E-state index contributed by atoms with van der Waals surface area (Å²) in [6, 6.07) is 5.01. The summed E-state index contributed by atoms with van der Waals surface area (Å²) in [7, 11) is 0. The molecule has 1 aromatic carbocycles. The van der Waals surface area contributed by atoms with Crippen molar-refractivity contribution in [1.82, 2.24) is 5.32 Å². The van der Waals surface area contributed by atoms with Gasteiger partial charge in [-0.05, 0) is 52.0 Å². The number of hydrogen-bond donors (Lipinski definition) is 2. The van der Waals surface area contributed by atoms with Crippen LogP contribution in [-0.2, 0) is 33.4 Å². The average Bonchev–Trinajstić information content (AvgIpc) is 2.73. The second-order valence-electron chi connectivity index (χ2n) is 6.74. The van der Waals surface area contributed by atoms with Gasteiger partial charge in [-0.3, -0.25) is 9.59 Å². The van der Waals surface area contributed by atoms with Crippen molar-refractivity contribution in [2.45, 2.75) is 27.7 Å². The Labute approximate surface area is 184 Å². The van der Waals surface area contributed by atoms with Crippen LogP contribution in [0.25, 0.3) is 0 Å². The Morgan fingerprint density at radius 2 is 1.41 bits per heavy atom. The molecule has 0 aliphatic carbocycles. The highest BCUT2D eigenvalue weighted by molar-refractivity contribution is 6.06. The molecule has 172 valence electrons. The van der Waals surface area contributed by atoms with E-state index in [9.17, 15) is 23.6 Å². The molecule has 0 aromatic heterocycles. The summed E-state index contributed by atoms with van der Waals surface area (Å²) < 4.78 is 28.2. The first-order valence-electron chi connectivity index (χ1n) is 9.94. The van der Waals surface area contributed by atoms with Crippen LogP contribution in [0.2, 0.25) is 0 Å². The summed E-state index contributed by atoms with van der Waals surface area (Å²) >= 11 is 0. The minimum absolute atomic E-state index is 0.0505. The van der Waals surface area contributed by atoms with Crippen molar-refractivity contribution < 1.29 is 37.8 Å². The molecule has 32 heavy (non-hydrogen) atoms. The van der Waals surface area contributed by atoms with Crippen LogP contribution in [0, 0.1) is 11.7 Å². The van der Waals surface area contributed by atoms with Crippen LogP contribution >= 0.6 is 0 Å². The van der Waals surface area contributed by atoms with Crippen LogP contribution in [0.15, 0.2) is 46.8 Å². The molecule has 2 N–H and O–H groups in total. The third-order valence-corrected chi connectivity index (χ3v) is 4.46. The lowest BCUT2D eigenvalue weighted by Gasteiger charge is -2.28. The van der Waals surface area contributed by atoms with E-state index in [1.54, 1.807) is 27.7 Å². The fourth-order valence-corrected chi connectivity index (χ4v) is 3.14. The normalized spacial score (nSPS) is 13.9. The molecule has 0 spiro atoms. The third kappa shape index (κ3) is 5.93. The molecule has 2 rings (SSSR count). The summed E-state index contributed by atoms with van der Waals surface area (Å²) in [6.45, 7) is 5.72. The number of allylic oxidation sites excluding steroid dienone is 2. The Bertz CT molecular complexity index is 927. The van der Waals surface area contributed by atoms with Crippen molar-refractivity contribution in [3.63, 3.8) is 0 Å². The Hall–Kier alpha value is -3.69. The van der Waals surface area contributed by atoms with Gasteiger partial charge < -0.3 is 24.8 Å². The molecule has 0 fully saturated rings. The zero-order valence-electron chi connectivity index (χ0n) is 18.2. The van der Waals surface area contributed by atoms with E-state index in [4.69, 9.17) is 14.2 Å². The molecule has 1 aliphatic heterocycles. The van der Waals surface area contributed by atoms with Gasteiger partial charge in [-0.25, -0.2) is 14.0 Å². The number of halogens is 1. The highest BCUT2D eigenvalue weighted by Crippen LogP contribution is 2.32. The van der Waals surface area contributed by atoms with E-state index in [1.807, 2.05) is 0 Å². The molecule has 0 bridgehead atoms. The number of esters is 3. The van der Waals surface area contributed by atoms with Gasteiger partial charge in [0.1, 0.15) is 11.7 Å². The predicted molar refractivity (Wildman–Crippen MR) is 111 cm³/mol. The van der Waals surface area contributed by atoms with Gasteiger partial charge in [-0.15, -0.1) is 0 Å². The van der Waals surface area contributed by atoms with E-state index >= 15 is 0 Å². The second-order valence-corrected chi connectivity index (χ2v) is 6.74. The van der Waals surface area contributed by atoms with E-state index in [2.05, 4.69) is 10.6 Å². The van der Waals surface area contributed by atoms with Crippen LogP contribution in [0.5, 0.6) is 0 Å². The number of ether oxygens (including phenoxy) is 3. The summed E-state index contributed by atoms with van der Waals surface area (Å²) in [4.78, 5) is 50.2. The summed E-state index contributed by atoms with van der Waals surface area (Å²) in [5.41, 5.74) is 0.715. The van der Waals surface area contributed by atoms with Crippen LogP contribution < -0.4 is 10.6 Å². The molecule has 1 heterocycles. The fourth-order valence-electron chi connectivity index (χ4n) is 3.14. The summed E-state index contributed by atoms with van der Waals surface area (Å²) in [5, 5.41) is 5.34. The number of amides is 1. The molecular weight excluding hydrogens is 423 g/mol. The maximum absolute atomic E-state index is 13.0. The highest BCUT2D eigenvalue weighted by atomic mass is 19.1. The molecular formula is C22H25FN2O7. The molecule has 0 radical (unpaired) electrons. The quantitative estimate of drug-likeness (QED) is 0.459. The van der Waals surface area contributed by atoms with Crippen LogP contribution in [-0.4, -0.2) is 43.6 Å². The SMILES string of the molecule is CCOC(=O)C1=C(C)NC(C)=C(C(=O)OCC)C1C(=O)OCC(=O)Nc1ccc(F)cc1. The number of hydrogen-bond acceptors (Lipinski definition) is 8.